The Labute approximate surface area is 127 Å². The van der Waals surface area contributed by atoms with Crippen LogP contribution in [0, 0.1) is 11.7 Å². The number of hydrogen-bond donors (Lipinski definition) is 1. The predicted octanol–water partition coefficient (Wildman–Crippen LogP) is 4.43. The molecule has 3 aromatic rings. The van der Waals surface area contributed by atoms with Gasteiger partial charge in [0.15, 0.2) is 0 Å². The molecule has 21 heavy (non-hydrogen) atoms. The molecular weight excluding hydrogens is 283 g/mol. The third-order valence-corrected chi connectivity index (χ3v) is 4.75. The number of aliphatic hydroxyl groups excluding tert-OH is 1. The molecule has 0 bridgehead atoms. The van der Waals surface area contributed by atoms with Crippen LogP contribution >= 0.6 is 11.3 Å². The Kier molecular flexibility index (Phi) is 4.32. The highest BCUT2D eigenvalue weighted by Crippen LogP contribution is 2.28. The van der Waals surface area contributed by atoms with Crippen molar-refractivity contribution in [3.05, 3.63) is 70.9 Å². The summed E-state index contributed by atoms with van der Waals surface area (Å²) in [6.45, 7) is 0.112. The SMILES string of the molecule is OCC(Cc1cccc(F)c1)Cc1csc2ccccc12. The Hall–Kier alpha value is -1.71. The monoisotopic (exact) mass is 300 g/mol. The number of hydrogen-bond acceptors (Lipinski definition) is 2. The molecule has 0 radical (unpaired) electrons. The maximum Gasteiger partial charge on any atom is 0.123 e. The van der Waals surface area contributed by atoms with Crippen molar-refractivity contribution in [1.29, 1.82) is 0 Å². The third kappa shape index (κ3) is 3.31. The zero-order chi connectivity index (χ0) is 14.7. The molecule has 0 aliphatic rings. The fraction of sp³-hybridized carbons (Fsp3) is 0.222. The summed E-state index contributed by atoms with van der Waals surface area (Å²) in [5.74, 6) is -0.102. The molecule has 1 heterocycles. The largest absolute Gasteiger partial charge is 0.396 e. The van der Waals surface area contributed by atoms with Crippen molar-refractivity contribution >= 4 is 21.4 Å². The summed E-state index contributed by atoms with van der Waals surface area (Å²) in [6, 6.07) is 15.0. The second-order valence-corrected chi connectivity index (χ2v) is 6.26. The molecule has 0 amide bonds. The van der Waals surface area contributed by atoms with E-state index in [2.05, 4.69) is 17.5 Å². The molecule has 2 aromatic carbocycles. The molecule has 0 aliphatic carbocycles. The molecule has 3 heteroatoms. The van der Waals surface area contributed by atoms with Crippen molar-refractivity contribution in [3.8, 4) is 0 Å². The highest BCUT2D eigenvalue weighted by Gasteiger charge is 2.13. The van der Waals surface area contributed by atoms with Gasteiger partial charge < -0.3 is 5.11 Å². The van der Waals surface area contributed by atoms with Crippen LogP contribution in [0.4, 0.5) is 4.39 Å². The molecule has 3 rings (SSSR count). The molecule has 0 fully saturated rings. The zero-order valence-corrected chi connectivity index (χ0v) is 12.4. The third-order valence-electron chi connectivity index (χ3n) is 3.74. The Morgan fingerprint density at radius 1 is 1.05 bits per heavy atom. The van der Waals surface area contributed by atoms with E-state index < -0.39 is 0 Å². The van der Waals surface area contributed by atoms with Gasteiger partial charge in [-0.2, -0.15) is 0 Å². The van der Waals surface area contributed by atoms with E-state index in [1.54, 1.807) is 23.5 Å². The highest BCUT2D eigenvalue weighted by atomic mass is 32.1. The summed E-state index contributed by atoms with van der Waals surface area (Å²) in [5, 5.41) is 13.1. The lowest BCUT2D eigenvalue weighted by atomic mass is 9.93. The van der Waals surface area contributed by atoms with Crippen LogP contribution in [-0.2, 0) is 12.8 Å². The van der Waals surface area contributed by atoms with E-state index in [4.69, 9.17) is 0 Å². The van der Waals surface area contributed by atoms with Gasteiger partial charge in [-0.1, -0.05) is 30.3 Å². The summed E-state index contributed by atoms with van der Waals surface area (Å²) in [7, 11) is 0. The Balaban J connectivity index is 1.78. The standard InChI is InChI=1S/C18H17FOS/c19-16-5-3-4-13(10-16)8-14(11-20)9-15-12-21-18-7-2-1-6-17(15)18/h1-7,10,12,14,20H,8-9,11H2. The molecule has 1 aromatic heterocycles. The van der Waals surface area contributed by atoms with E-state index in [1.807, 2.05) is 18.2 Å². The summed E-state index contributed by atoms with van der Waals surface area (Å²) < 4.78 is 14.5. The van der Waals surface area contributed by atoms with E-state index in [0.29, 0.717) is 6.42 Å². The molecule has 0 saturated carbocycles. The number of benzene rings is 2. The minimum atomic E-state index is -0.217. The van der Waals surface area contributed by atoms with Gasteiger partial charge in [-0.3, -0.25) is 0 Å². The van der Waals surface area contributed by atoms with Gasteiger partial charge in [0, 0.05) is 11.3 Å². The Bertz CT molecular complexity index is 735. The van der Waals surface area contributed by atoms with Crippen LogP contribution in [0.2, 0.25) is 0 Å². The molecule has 0 aliphatic heterocycles. The fourth-order valence-electron chi connectivity index (χ4n) is 2.70. The minimum absolute atomic E-state index is 0.112. The van der Waals surface area contributed by atoms with Crippen LogP contribution in [0.1, 0.15) is 11.1 Å². The van der Waals surface area contributed by atoms with Crippen LogP contribution in [-0.4, -0.2) is 11.7 Å². The first-order chi connectivity index (χ1) is 10.3. The highest BCUT2D eigenvalue weighted by molar-refractivity contribution is 7.17. The van der Waals surface area contributed by atoms with E-state index in [-0.39, 0.29) is 18.3 Å². The smallest absolute Gasteiger partial charge is 0.123 e. The van der Waals surface area contributed by atoms with E-state index >= 15 is 0 Å². The van der Waals surface area contributed by atoms with Crippen molar-refractivity contribution < 1.29 is 9.50 Å². The average molecular weight is 300 g/mol. The predicted molar refractivity (Wildman–Crippen MR) is 86.2 cm³/mol. The zero-order valence-electron chi connectivity index (χ0n) is 11.6. The topological polar surface area (TPSA) is 20.2 Å². The van der Waals surface area contributed by atoms with Crippen molar-refractivity contribution in [3.63, 3.8) is 0 Å². The van der Waals surface area contributed by atoms with E-state index in [1.165, 1.54) is 21.7 Å². The number of thiophene rings is 1. The van der Waals surface area contributed by atoms with Gasteiger partial charge in [0.1, 0.15) is 5.82 Å². The second-order valence-electron chi connectivity index (χ2n) is 5.34. The lowest BCUT2D eigenvalue weighted by molar-refractivity contribution is 0.225. The van der Waals surface area contributed by atoms with Gasteiger partial charge in [-0.25, -0.2) is 4.39 Å². The van der Waals surface area contributed by atoms with Crippen LogP contribution in [0.25, 0.3) is 10.1 Å². The Morgan fingerprint density at radius 2 is 1.90 bits per heavy atom. The number of fused-ring (bicyclic) bond motifs is 1. The first-order valence-corrected chi connectivity index (χ1v) is 7.94. The van der Waals surface area contributed by atoms with Gasteiger partial charge in [-0.15, -0.1) is 11.3 Å². The summed E-state index contributed by atoms with van der Waals surface area (Å²) in [6.07, 6.45) is 1.51. The summed E-state index contributed by atoms with van der Waals surface area (Å²) in [4.78, 5) is 0. The van der Waals surface area contributed by atoms with E-state index in [9.17, 15) is 9.50 Å². The molecule has 108 valence electrons. The van der Waals surface area contributed by atoms with Crippen molar-refractivity contribution in [2.45, 2.75) is 12.8 Å². The van der Waals surface area contributed by atoms with Gasteiger partial charge in [-0.05, 0) is 58.9 Å². The molecule has 1 unspecified atom stereocenters. The first-order valence-electron chi connectivity index (χ1n) is 7.06. The molecule has 1 nitrogen and oxygen atoms in total. The van der Waals surface area contributed by atoms with Crippen molar-refractivity contribution in [1.82, 2.24) is 0 Å². The lowest BCUT2D eigenvalue weighted by Gasteiger charge is -2.14. The second kappa shape index (κ2) is 6.37. The van der Waals surface area contributed by atoms with Crippen LogP contribution < -0.4 is 0 Å². The number of aliphatic hydroxyl groups is 1. The van der Waals surface area contributed by atoms with Gasteiger partial charge >= 0.3 is 0 Å². The van der Waals surface area contributed by atoms with Crippen molar-refractivity contribution in [2.75, 3.05) is 6.61 Å². The van der Waals surface area contributed by atoms with Gasteiger partial charge in [0.05, 0.1) is 0 Å². The maximum absolute atomic E-state index is 13.2. The van der Waals surface area contributed by atoms with Crippen LogP contribution in [0.3, 0.4) is 0 Å². The molecule has 1 atom stereocenters. The average Bonchev–Trinajstić information content (AvgIpc) is 2.90. The molecule has 1 N–H and O–H groups in total. The maximum atomic E-state index is 13.2. The van der Waals surface area contributed by atoms with Crippen LogP contribution in [0.5, 0.6) is 0 Å². The van der Waals surface area contributed by atoms with Gasteiger partial charge in [0.25, 0.3) is 0 Å². The quantitative estimate of drug-likeness (QED) is 0.739. The number of halogens is 1. The molecule has 0 spiro atoms. The number of rotatable bonds is 5. The van der Waals surface area contributed by atoms with Crippen molar-refractivity contribution in [2.24, 2.45) is 5.92 Å². The van der Waals surface area contributed by atoms with Gasteiger partial charge in [0.2, 0.25) is 0 Å². The minimum Gasteiger partial charge on any atom is -0.396 e. The molecular formula is C18H17FOS. The summed E-state index contributed by atoms with van der Waals surface area (Å²) in [5.41, 5.74) is 2.21. The Morgan fingerprint density at radius 3 is 2.71 bits per heavy atom. The van der Waals surface area contributed by atoms with Crippen LogP contribution in [0.15, 0.2) is 53.9 Å². The molecule has 0 saturated heterocycles. The lowest BCUT2D eigenvalue weighted by Crippen LogP contribution is -2.12. The normalized spacial score (nSPS) is 12.7. The first kappa shape index (κ1) is 14.2. The summed E-state index contributed by atoms with van der Waals surface area (Å²) >= 11 is 1.73. The van der Waals surface area contributed by atoms with E-state index in [0.717, 1.165) is 12.0 Å². The fourth-order valence-corrected chi connectivity index (χ4v) is 3.68.